The number of benzene rings is 3. The highest BCUT2D eigenvalue weighted by atomic mass is 35.5. The summed E-state index contributed by atoms with van der Waals surface area (Å²) in [5, 5.41) is 10.1. The topological polar surface area (TPSA) is 79.4 Å². The van der Waals surface area contributed by atoms with Gasteiger partial charge in [0.25, 0.3) is 5.89 Å². The van der Waals surface area contributed by atoms with E-state index >= 15 is 0 Å². The van der Waals surface area contributed by atoms with Gasteiger partial charge in [-0.05, 0) is 41.5 Å². The van der Waals surface area contributed by atoms with Crippen LogP contribution in [0.4, 0.5) is 0 Å². The standard InChI is InChI=1S/C27H21Cl2N3O4/c1-34-23-12-20-22(13-24(23)35-2)32(14-17-5-9-19(29)10-6-17)15-21(26(20)33)27-31-30-25(36-27)11-16-3-7-18(28)8-4-16/h3-10,12-13,15H,11,14H2,1-2H3. The van der Waals surface area contributed by atoms with Crippen molar-refractivity contribution in [3.63, 3.8) is 0 Å². The minimum absolute atomic E-state index is 0.144. The first-order valence-electron chi connectivity index (χ1n) is 11.1. The normalized spacial score (nSPS) is 11.1. The van der Waals surface area contributed by atoms with E-state index in [1.807, 2.05) is 41.0 Å². The molecular weight excluding hydrogens is 501 g/mol. The Morgan fingerprint density at radius 2 is 1.47 bits per heavy atom. The Hall–Kier alpha value is -3.81. The fourth-order valence-corrected chi connectivity index (χ4v) is 4.25. The average molecular weight is 522 g/mol. The molecule has 9 heteroatoms. The number of hydrogen-bond donors (Lipinski definition) is 0. The highest BCUT2D eigenvalue weighted by molar-refractivity contribution is 6.30. The fourth-order valence-electron chi connectivity index (χ4n) is 4.00. The maximum absolute atomic E-state index is 13.6. The summed E-state index contributed by atoms with van der Waals surface area (Å²) in [5.74, 6) is 1.50. The zero-order valence-corrected chi connectivity index (χ0v) is 21.0. The molecule has 0 spiro atoms. The summed E-state index contributed by atoms with van der Waals surface area (Å²) in [6.07, 6.45) is 2.15. The van der Waals surface area contributed by atoms with Gasteiger partial charge in [-0.25, -0.2) is 0 Å². The molecule has 0 aliphatic rings. The summed E-state index contributed by atoms with van der Waals surface area (Å²) in [5.41, 5.74) is 2.68. The molecule has 2 aromatic heterocycles. The van der Waals surface area contributed by atoms with Crippen molar-refractivity contribution < 1.29 is 13.9 Å². The lowest BCUT2D eigenvalue weighted by atomic mass is 10.1. The molecule has 0 bridgehead atoms. The van der Waals surface area contributed by atoms with E-state index in [1.165, 1.54) is 7.11 Å². The third kappa shape index (κ3) is 4.80. The van der Waals surface area contributed by atoms with Crippen LogP contribution in [0.1, 0.15) is 17.0 Å². The lowest BCUT2D eigenvalue weighted by molar-refractivity contribution is 0.355. The quantitative estimate of drug-likeness (QED) is 0.260. The summed E-state index contributed by atoms with van der Waals surface area (Å²) in [6, 6.07) is 18.4. The molecular formula is C27H21Cl2N3O4. The number of pyridine rings is 1. The molecule has 182 valence electrons. The van der Waals surface area contributed by atoms with Gasteiger partial charge in [-0.2, -0.15) is 0 Å². The zero-order valence-electron chi connectivity index (χ0n) is 19.5. The molecule has 5 rings (SSSR count). The van der Waals surface area contributed by atoms with Crippen molar-refractivity contribution in [3.05, 3.63) is 104 Å². The van der Waals surface area contributed by atoms with Gasteiger partial charge in [0.1, 0.15) is 5.56 Å². The van der Waals surface area contributed by atoms with Crippen LogP contribution in [0.2, 0.25) is 10.0 Å². The van der Waals surface area contributed by atoms with Crippen LogP contribution >= 0.6 is 23.2 Å². The van der Waals surface area contributed by atoms with Crippen LogP contribution < -0.4 is 14.9 Å². The van der Waals surface area contributed by atoms with Crippen LogP contribution in [0.25, 0.3) is 22.4 Å². The molecule has 0 aliphatic heterocycles. The molecule has 36 heavy (non-hydrogen) atoms. The minimum Gasteiger partial charge on any atom is -0.493 e. The van der Waals surface area contributed by atoms with Crippen LogP contribution in [-0.4, -0.2) is 29.0 Å². The average Bonchev–Trinajstić information content (AvgIpc) is 3.35. The number of halogens is 2. The van der Waals surface area contributed by atoms with Gasteiger partial charge in [0.2, 0.25) is 11.3 Å². The molecule has 3 aromatic carbocycles. The predicted octanol–water partition coefficient (Wildman–Crippen LogP) is 6.01. The molecule has 2 heterocycles. The maximum atomic E-state index is 13.6. The second-order valence-corrected chi connectivity index (χ2v) is 9.03. The van der Waals surface area contributed by atoms with Crippen molar-refractivity contribution in [2.45, 2.75) is 13.0 Å². The summed E-state index contributed by atoms with van der Waals surface area (Å²) < 4.78 is 18.8. The molecule has 7 nitrogen and oxygen atoms in total. The lowest BCUT2D eigenvalue weighted by Gasteiger charge is -2.15. The lowest BCUT2D eigenvalue weighted by Crippen LogP contribution is -2.13. The van der Waals surface area contributed by atoms with E-state index in [1.54, 1.807) is 37.6 Å². The Labute approximate surface area is 216 Å². The van der Waals surface area contributed by atoms with Crippen LogP contribution in [0.15, 0.2) is 76.1 Å². The summed E-state index contributed by atoms with van der Waals surface area (Å²) in [4.78, 5) is 13.6. The van der Waals surface area contributed by atoms with E-state index in [2.05, 4.69) is 10.2 Å². The minimum atomic E-state index is -0.250. The van der Waals surface area contributed by atoms with Crippen molar-refractivity contribution in [1.29, 1.82) is 0 Å². The summed E-state index contributed by atoms with van der Waals surface area (Å²) >= 11 is 12.0. The van der Waals surface area contributed by atoms with Gasteiger partial charge in [0.05, 0.1) is 31.5 Å². The van der Waals surface area contributed by atoms with E-state index in [9.17, 15) is 4.79 Å². The SMILES string of the molecule is COc1cc2c(=O)c(-c3nnc(Cc4ccc(Cl)cc4)o3)cn(Cc3ccc(Cl)cc3)c2cc1OC. The van der Waals surface area contributed by atoms with Crippen molar-refractivity contribution >= 4 is 34.1 Å². The van der Waals surface area contributed by atoms with E-state index < -0.39 is 0 Å². The van der Waals surface area contributed by atoms with Crippen LogP contribution in [-0.2, 0) is 13.0 Å². The van der Waals surface area contributed by atoms with E-state index in [0.29, 0.717) is 56.9 Å². The Kier molecular flexibility index (Phi) is 6.67. The van der Waals surface area contributed by atoms with Crippen molar-refractivity contribution in [2.24, 2.45) is 0 Å². The molecule has 0 unspecified atom stereocenters. The van der Waals surface area contributed by atoms with E-state index in [0.717, 1.165) is 11.1 Å². The summed E-state index contributed by atoms with van der Waals surface area (Å²) in [7, 11) is 3.08. The molecule has 0 N–H and O–H groups in total. The van der Waals surface area contributed by atoms with Crippen LogP contribution in [0.5, 0.6) is 11.5 Å². The summed E-state index contributed by atoms with van der Waals surface area (Å²) in [6.45, 7) is 0.474. The predicted molar refractivity (Wildman–Crippen MR) is 139 cm³/mol. The Bertz CT molecular complexity index is 1590. The number of nitrogens with zero attached hydrogens (tertiary/aromatic N) is 3. The molecule has 0 atom stereocenters. The van der Waals surface area contributed by atoms with Crippen LogP contribution in [0.3, 0.4) is 0 Å². The molecule has 5 aromatic rings. The Morgan fingerprint density at radius 3 is 2.11 bits per heavy atom. The number of ether oxygens (including phenoxy) is 2. The number of rotatable bonds is 7. The smallest absolute Gasteiger partial charge is 0.253 e. The van der Waals surface area contributed by atoms with E-state index in [-0.39, 0.29) is 11.3 Å². The third-order valence-electron chi connectivity index (χ3n) is 5.82. The van der Waals surface area contributed by atoms with Crippen molar-refractivity contribution in [2.75, 3.05) is 14.2 Å². The van der Waals surface area contributed by atoms with Gasteiger partial charge in [0, 0.05) is 28.9 Å². The second-order valence-electron chi connectivity index (χ2n) is 8.15. The van der Waals surface area contributed by atoms with Gasteiger partial charge in [-0.3, -0.25) is 4.79 Å². The number of fused-ring (bicyclic) bond motifs is 1. The monoisotopic (exact) mass is 521 g/mol. The second kappa shape index (κ2) is 10.0. The highest BCUT2D eigenvalue weighted by Crippen LogP contribution is 2.32. The first kappa shape index (κ1) is 23.9. The van der Waals surface area contributed by atoms with Crippen LogP contribution in [0, 0.1) is 0 Å². The number of methoxy groups -OCH3 is 2. The number of aromatic nitrogens is 3. The molecule has 0 radical (unpaired) electrons. The molecule has 0 saturated carbocycles. The van der Waals surface area contributed by atoms with Gasteiger partial charge >= 0.3 is 0 Å². The van der Waals surface area contributed by atoms with Crippen molar-refractivity contribution in [3.8, 4) is 23.0 Å². The number of hydrogen-bond acceptors (Lipinski definition) is 6. The zero-order chi connectivity index (χ0) is 25.2. The molecule has 0 saturated heterocycles. The Morgan fingerprint density at radius 1 is 0.861 bits per heavy atom. The highest BCUT2D eigenvalue weighted by Gasteiger charge is 2.19. The first-order valence-corrected chi connectivity index (χ1v) is 11.8. The molecule has 0 amide bonds. The fraction of sp³-hybridized carbons (Fsp3) is 0.148. The molecule has 0 fully saturated rings. The Balaban J connectivity index is 1.62. The first-order chi connectivity index (χ1) is 17.4. The van der Waals surface area contributed by atoms with Gasteiger partial charge < -0.3 is 18.5 Å². The van der Waals surface area contributed by atoms with Gasteiger partial charge in [-0.1, -0.05) is 47.5 Å². The van der Waals surface area contributed by atoms with Crippen molar-refractivity contribution in [1.82, 2.24) is 14.8 Å². The third-order valence-corrected chi connectivity index (χ3v) is 6.32. The van der Waals surface area contributed by atoms with Gasteiger partial charge in [0.15, 0.2) is 11.5 Å². The maximum Gasteiger partial charge on any atom is 0.253 e. The molecule has 0 aliphatic carbocycles. The largest absolute Gasteiger partial charge is 0.493 e. The van der Waals surface area contributed by atoms with Gasteiger partial charge in [-0.15, -0.1) is 10.2 Å². The van der Waals surface area contributed by atoms with E-state index in [4.69, 9.17) is 37.1 Å².